The maximum absolute atomic E-state index is 9.24. The highest BCUT2D eigenvalue weighted by Crippen LogP contribution is 2.11. The number of hydrogen-bond acceptors (Lipinski definition) is 5. The third-order valence-corrected chi connectivity index (χ3v) is 2.51. The highest BCUT2D eigenvalue weighted by Gasteiger charge is 2.17. The van der Waals surface area contributed by atoms with Crippen LogP contribution in [0.5, 0.6) is 5.75 Å². The molecule has 2 N–H and O–H groups in total. The standard InChI is InChI=1S/C12H19BO5/c1-9(7-16-2)18-8-10-4-5-12(17-3)11(6-10)13(14)15/h4-6,9,14-15H,7-8H2,1-3H3. The third kappa shape index (κ3) is 4.31. The molecule has 0 aliphatic heterocycles. The molecule has 1 aromatic carbocycles. The van der Waals surface area contributed by atoms with E-state index in [4.69, 9.17) is 14.2 Å². The summed E-state index contributed by atoms with van der Waals surface area (Å²) >= 11 is 0. The fraction of sp³-hybridized carbons (Fsp3) is 0.500. The fourth-order valence-electron chi connectivity index (χ4n) is 1.60. The van der Waals surface area contributed by atoms with Gasteiger partial charge in [0.05, 0.1) is 26.4 Å². The molecule has 1 unspecified atom stereocenters. The average molecular weight is 254 g/mol. The van der Waals surface area contributed by atoms with E-state index in [9.17, 15) is 10.0 Å². The van der Waals surface area contributed by atoms with Gasteiger partial charge in [-0.3, -0.25) is 0 Å². The molecule has 100 valence electrons. The Morgan fingerprint density at radius 1 is 1.28 bits per heavy atom. The highest BCUT2D eigenvalue weighted by molar-refractivity contribution is 6.59. The number of methoxy groups -OCH3 is 2. The largest absolute Gasteiger partial charge is 0.497 e. The van der Waals surface area contributed by atoms with E-state index in [0.717, 1.165) is 5.56 Å². The van der Waals surface area contributed by atoms with Crippen molar-refractivity contribution in [1.29, 1.82) is 0 Å². The Labute approximate surface area is 107 Å². The van der Waals surface area contributed by atoms with Crippen molar-refractivity contribution in [1.82, 2.24) is 0 Å². The Balaban J connectivity index is 2.70. The van der Waals surface area contributed by atoms with Crippen LogP contribution in [0.4, 0.5) is 0 Å². The Kier molecular flexibility index (Phi) is 6.14. The Morgan fingerprint density at radius 3 is 2.56 bits per heavy atom. The first kappa shape index (κ1) is 15.0. The molecular formula is C12H19BO5. The van der Waals surface area contributed by atoms with Crippen LogP contribution >= 0.6 is 0 Å². The first-order valence-electron chi connectivity index (χ1n) is 5.72. The first-order chi connectivity index (χ1) is 8.58. The lowest BCUT2D eigenvalue weighted by atomic mass is 9.79. The molecule has 0 saturated carbocycles. The molecule has 1 aromatic rings. The molecule has 6 heteroatoms. The zero-order valence-electron chi connectivity index (χ0n) is 10.9. The fourth-order valence-corrected chi connectivity index (χ4v) is 1.60. The van der Waals surface area contributed by atoms with Gasteiger partial charge in [-0.05, 0) is 18.6 Å². The topological polar surface area (TPSA) is 68.2 Å². The summed E-state index contributed by atoms with van der Waals surface area (Å²) in [5, 5.41) is 18.5. The van der Waals surface area contributed by atoms with E-state index in [1.54, 1.807) is 19.2 Å². The molecule has 0 heterocycles. The summed E-state index contributed by atoms with van der Waals surface area (Å²) in [6.45, 7) is 2.81. The molecule has 1 atom stereocenters. The number of hydrogen-bond donors (Lipinski definition) is 2. The Morgan fingerprint density at radius 2 is 2.00 bits per heavy atom. The number of ether oxygens (including phenoxy) is 3. The minimum absolute atomic E-state index is 0.0143. The van der Waals surface area contributed by atoms with Crippen LogP contribution < -0.4 is 10.2 Å². The number of rotatable bonds is 7. The maximum atomic E-state index is 9.24. The van der Waals surface area contributed by atoms with E-state index in [1.807, 2.05) is 13.0 Å². The molecule has 0 aliphatic rings. The molecule has 0 spiro atoms. The van der Waals surface area contributed by atoms with Gasteiger partial charge in [0, 0.05) is 12.6 Å². The molecule has 0 saturated heterocycles. The van der Waals surface area contributed by atoms with E-state index < -0.39 is 7.12 Å². The SMILES string of the molecule is COCC(C)OCc1ccc(OC)c(B(O)O)c1. The van der Waals surface area contributed by atoms with Crippen LogP contribution in [0.1, 0.15) is 12.5 Å². The van der Waals surface area contributed by atoms with Gasteiger partial charge in [0.15, 0.2) is 0 Å². The first-order valence-corrected chi connectivity index (χ1v) is 5.72. The second-order valence-corrected chi connectivity index (χ2v) is 4.03. The molecule has 0 amide bonds. The van der Waals surface area contributed by atoms with Crippen molar-refractivity contribution >= 4 is 12.6 Å². The van der Waals surface area contributed by atoms with Crippen LogP contribution in [0.15, 0.2) is 18.2 Å². The third-order valence-electron chi connectivity index (χ3n) is 2.51. The van der Waals surface area contributed by atoms with E-state index in [0.29, 0.717) is 24.4 Å². The van der Waals surface area contributed by atoms with Crippen molar-refractivity contribution < 1.29 is 24.3 Å². The molecule has 5 nitrogen and oxygen atoms in total. The van der Waals surface area contributed by atoms with Gasteiger partial charge in [0.1, 0.15) is 5.75 Å². The van der Waals surface area contributed by atoms with E-state index in [1.165, 1.54) is 7.11 Å². The van der Waals surface area contributed by atoms with Crippen LogP contribution in [0.3, 0.4) is 0 Å². The summed E-state index contributed by atoms with van der Waals surface area (Å²) in [7, 11) is 1.54. The molecule has 18 heavy (non-hydrogen) atoms. The van der Waals surface area contributed by atoms with Crippen molar-refractivity contribution in [2.45, 2.75) is 19.6 Å². The lowest BCUT2D eigenvalue weighted by molar-refractivity contribution is -0.000115. The van der Waals surface area contributed by atoms with E-state index in [-0.39, 0.29) is 6.10 Å². The van der Waals surface area contributed by atoms with Crippen LogP contribution in [-0.4, -0.2) is 44.1 Å². The monoisotopic (exact) mass is 254 g/mol. The lowest BCUT2D eigenvalue weighted by Gasteiger charge is -2.14. The van der Waals surface area contributed by atoms with Crippen molar-refractivity contribution in [3.05, 3.63) is 23.8 Å². The summed E-state index contributed by atoms with van der Waals surface area (Å²) in [6, 6.07) is 5.17. The quantitative estimate of drug-likeness (QED) is 0.666. The van der Waals surface area contributed by atoms with Crippen molar-refractivity contribution in [2.24, 2.45) is 0 Å². The van der Waals surface area contributed by atoms with Gasteiger partial charge in [-0.15, -0.1) is 0 Å². The zero-order chi connectivity index (χ0) is 13.5. The maximum Gasteiger partial charge on any atom is 0.492 e. The molecule has 1 rings (SSSR count). The smallest absolute Gasteiger partial charge is 0.492 e. The molecule has 0 fully saturated rings. The normalized spacial score (nSPS) is 12.3. The molecule has 0 aliphatic carbocycles. The van der Waals surface area contributed by atoms with Crippen LogP contribution in [0.2, 0.25) is 0 Å². The Bertz CT molecular complexity index is 369. The van der Waals surface area contributed by atoms with Gasteiger partial charge >= 0.3 is 7.12 Å². The molecule has 0 aromatic heterocycles. The summed E-state index contributed by atoms with van der Waals surface area (Å²) in [5.74, 6) is 0.443. The minimum atomic E-state index is -1.56. The number of benzene rings is 1. The van der Waals surface area contributed by atoms with E-state index in [2.05, 4.69) is 0 Å². The van der Waals surface area contributed by atoms with Gasteiger partial charge in [0.2, 0.25) is 0 Å². The summed E-state index contributed by atoms with van der Waals surface area (Å²) in [4.78, 5) is 0. The Hall–Kier alpha value is -1.08. The summed E-state index contributed by atoms with van der Waals surface area (Å²) in [6.07, 6.45) is -0.0143. The van der Waals surface area contributed by atoms with Crippen molar-refractivity contribution in [3.63, 3.8) is 0 Å². The van der Waals surface area contributed by atoms with Crippen LogP contribution in [0.25, 0.3) is 0 Å². The minimum Gasteiger partial charge on any atom is -0.497 e. The molecule has 0 bridgehead atoms. The van der Waals surface area contributed by atoms with Gasteiger partial charge in [-0.1, -0.05) is 12.1 Å². The summed E-state index contributed by atoms with van der Waals surface area (Å²) < 4.78 is 15.6. The van der Waals surface area contributed by atoms with Crippen LogP contribution in [0, 0.1) is 0 Å². The highest BCUT2D eigenvalue weighted by atomic mass is 16.5. The van der Waals surface area contributed by atoms with Gasteiger partial charge < -0.3 is 24.3 Å². The predicted molar refractivity (Wildman–Crippen MR) is 68.9 cm³/mol. The second kappa shape index (κ2) is 7.38. The van der Waals surface area contributed by atoms with Crippen molar-refractivity contribution in [2.75, 3.05) is 20.8 Å². The van der Waals surface area contributed by atoms with Gasteiger partial charge in [0.25, 0.3) is 0 Å². The van der Waals surface area contributed by atoms with E-state index >= 15 is 0 Å². The zero-order valence-corrected chi connectivity index (χ0v) is 10.9. The second-order valence-electron chi connectivity index (χ2n) is 4.03. The molecular weight excluding hydrogens is 235 g/mol. The van der Waals surface area contributed by atoms with Gasteiger partial charge in [-0.2, -0.15) is 0 Å². The average Bonchev–Trinajstić information content (AvgIpc) is 2.36. The van der Waals surface area contributed by atoms with Crippen molar-refractivity contribution in [3.8, 4) is 5.75 Å². The predicted octanol–water partition coefficient (Wildman–Crippen LogP) is -0.0735. The summed E-state index contributed by atoms with van der Waals surface area (Å²) in [5.41, 5.74) is 1.18. The van der Waals surface area contributed by atoms with Gasteiger partial charge in [-0.25, -0.2) is 0 Å². The van der Waals surface area contributed by atoms with Crippen LogP contribution in [-0.2, 0) is 16.1 Å². The molecule has 0 radical (unpaired) electrons. The lowest BCUT2D eigenvalue weighted by Crippen LogP contribution is -2.31.